The first-order valence-electron chi connectivity index (χ1n) is 9.00. The number of nitrogens with zero attached hydrogens (tertiary/aromatic N) is 2. The highest BCUT2D eigenvalue weighted by Crippen LogP contribution is 2.13. The molecule has 1 aromatic rings. The Hall–Kier alpha value is -1.86. The zero-order valence-corrected chi connectivity index (χ0v) is 15.3. The second-order valence-electron chi connectivity index (χ2n) is 5.91. The van der Waals surface area contributed by atoms with Crippen molar-refractivity contribution in [3.63, 3.8) is 0 Å². The van der Waals surface area contributed by atoms with Crippen LogP contribution in [0.25, 0.3) is 0 Å². The minimum absolute atomic E-state index is 0.571. The van der Waals surface area contributed by atoms with Gasteiger partial charge in [0.1, 0.15) is 0 Å². The van der Waals surface area contributed by atoms with Gasteiger partial charge >= 0.3 is 0 Å². The molecule has 1 fully saturated rings. The van der Waals surface area contributed by atoms with E-state index < -0.39 is 0 Å². The van der Waals surface area contributed by atoms with Gasteiger partial charge in [-0.3, -0.25) is 4.99 Å². The number of aliphatic imine (C=N–C) groups is 1. The highest BCUT2D eigenvalue weighted by Gasteiger charge is 2.15. The van der Waals surface area contributed by atoms with Gasteiger partial charge in [-0.25, -0.2) is 4.98 Å². The molecule has 2 rings (SSSR count). The molecule has 25 heavy (non-hydrogen) atoms. The van der Waals surface area contributed by atoms with Gasteiger partial charge in [0, 0.05) is 51.0 Å². The maximum Gasteiger partial charge on any atom is 0.218 e. The smallest absolute Gasteiger partial charge is 0.218 e. The lowest BCUT2D eigenvalue weighted by molar-refractivity contribution is 0.0888. The molecule has 7 heteroatoms. The van der Waals surface area contributed by atoms with Gasteiger partial charge in [0.25, 0.3) is 0 Å². The second kappa shape index (κ2) is 11.7. The average Bonchev–Trinajstić information content (AvgIpc) is 3.15. The Bertz CT molecular complexity index is 519. The lowest BCUT2D eigenvalue weighted by atomic mass is 10.1. The average molecular weight is 350 g/mol. The van der Waals surface area contributed by atoms with Crippen molar-refractivity contribution in [1.29, 1.82) is 0 Å². The summed E-state index contributed by atoms with van der Waals surface area (Å²) in [5.41, 5.74) is 1.01. The first-order valence-corrected chi connectivity index (χ1v) is 9.00. The molecule has 1 atom stereocenters. The first kappa shape index (κ1) is 19.5. The Balaban J connectivity index is 1.60. The van der Waals surface area contributed by atoms with E-state index in [0.29, 0.717) is 24.9 Å². The molecule has 0 saturated carbocycles. The van der Waals surface area contributed by atoms with E-state index in [2.05, 4.69) is 20.6 Å². The third-order valence-corrected chi connectivity index (χ3v) is 3.94. The maximum absolute atomic E-state index is 5.70. The summed E-state index contributed by atoms with van der Waals surface area (Å²) < 4.78 is 16.6. The van der Waals surface area contributed by atoms with Crippen molar-refractivity contribution in [3.05, 3.63) is 23.9 Å². The van der Waals surface area contributed by atoms with Crippen molar-refractivity contribution in [2.45, 2.75) is 26.3 Å². The summed E-state index contributed by atoms with van der Waals surface area (Å²) in [6, 6.07) is 3.90. The second-order valence-corrected chi connectivity index (χ2v) is 5.91. The minimum atomic E-state index is 0.571. The maximum atomic E-state index is 5.70. The van der Waals surface area contributed by atoms with Crippen LogP contribution >= 0.6 is 0 Å². The summed E-state index contributed by atoms with van der Waals surface area (Å²) in [5, 5.41) is 6.57. The summed E-state index contributed by atoms with van der Waals surface area (Å²) in [7, 11) is 1.76. The van der Waals surface area contributed by atoms with E-state index in [1.54, 1.807) is 13.2 Å². The molecule has 0 aliphatic carbocycles. The largest absolute Gasteiger partial charge is 0.478 e. The molecule has 0 bridgehead atoms. The molecule has 7 nitrogen and oxygen atoms in total. The van der Waals surface area contributed by atoms with Gasteiger partial charge in [-0.05, 0) is 25.8 Å². The number of ether oxygens (including phenoxy) is 3. The molecule has 2 heterocycles. The van der Waals surface area contributed by atoms with Gasteiger partial charge in [0.05, 0.1) is 19.8 Å². The fourth-order valence-electron chi connectivity index (χ4n) is 2.57. The Labute approximate surface area is 150 Å². The van der Waals surface area contributed by atoms with Crippen LogP contribution in [0.1, 0.15) is 25.3 Å². The van der Waals surface area contributed by atoms with Gasteiger partial charge in [-0.2, -0.15) is 0 Å². The number of pyridine rings is 1. The number of guanidine groups is 1. The lowest BCUT2D eigenvalue weighted by Crippen LogP contribution is -2.37. The minimum Gasteiger partial charge on any atom is -0.478 e. The van der Waals surface area contributed by atoms with E-state index >= 15 is 0 Å². The molecule has 1 aliphatic heterocycles. The normalized spacial score (nSPS) is 17.5. The highest BCUT2D eigenvalue weighted by atomic mass is 16.5. The van der Waals surface area contributed by atoms with Gasteiger partial charge in [0.2, 0.25) is 5.88 Å². The van der Waals surface area contributed by atoms with Crippen molar-refractivity contribution >= 4 is 5.96 Å². The van der Waals surface area contributed by atoms with Gasteiger partial charge in [-0.15, -0.1) is 0 Å². The first-order chi connectivity index (χ1) is 12.3. The number of aromatic nitrogens is 1. The van der Waals surface area contributed by atoms with Crippen molar-refractivity contribution in [2.75, 3.05) is 46.6 Å². The van der Waals surface area contributed by atoms with Crippen LogP contribution in [0.2, 0.25) is 0 Å². The zero-order chi connectivity index (χ0) is 17.7. The molecule has 0 radical (unpaired) electrons. The Morgan fingerprint density at radius 3 is 3.12 bits per heavy atom. The summed E-state index contributed by atoms with van der Waals surface area (Å²) in [6.45, 7) is 7.24. The Morgan fingerprint density at radius 2 is 2.36 bits per heavy atom. The third-order valence-electron chi connectivity index (χ3n) is 3.94. The molecule has 1 saturated heterocycles. The predicted octanol–water partition coefficient (Wildman–Crippen LogP) is 1.59. The monoisotopic (exact) mass is 350 g/mol. The van der Waals surface area contributed by atoms with Gasteiger partial charge in [-0.1, -0.05) is 6.07 Å². The fourth-order valence-corrected chi connectivity index (χ4v) is 2.57. The molecule has 0 amide bonds. The van der Waals surface area contributed by atoms with E-state index in [4.69, 9.17) is 14.2 Å². The predicted molar refractivity (Wildman–Crippen MR) is 98.0 cm³/mol. The van der Waals surface area contributed by atoms with E-state index in [0.717, 1.165) is 57.3 Å². The SMILES string of the molecule is CCOc1ncccc1CNC(=NC)NCCCOCC1CCOC1. The van der Waals surface area contributed by atoms with E-state index in [9.17, 15) is 0 Å². The van der Waals surface area contributed by atoms with Crippen molar-refractivity contribution in [2.24, 2.45) is 10.9 Å². The summed E-state index contributed by atoms with van der Waals surface area (Å²) in [5.74, 6) is 1.99. The molecule has 140 valence electrons. The zero-order valence-electron chi connectivity index (χ0n) is 15.3. The lowest BCUT2D eigenvalue weighted by Gasteiger charge is -2.14. The standard InChI is InChI=1S/C18H30N4O3/c1-3-25-17-16(6-4-8-20-17)12-22-18(19-2)21-9-5-10-23-13-15-7-11-24-14-15/h4,6,8,15H,3,5,7,9-14H2,1-2H3,(H2,19,21,22). The van der Waals surface area contributed by atoms with Crippen LogP contribution in [-0.2, 0) is 16.0 Å². The van der Waals surface area contributed by atoms with E-state index in [1.165, 1.54) is 0 Å². The van der Waals surface area contributed by atoms with Gasteiger partial charge < -0.3 is 24.8 Å². The molecule has 1 aliphatic rings. The van der Waals surface area contributed by atoms with Crippen molar-refractivity contribution in [1.82, 2.24) is 15.6 Å². The van der Waals surface area contributed by atoms with Crippen LogP contribution in [0, 0.1) is 5.92 Å². The highest BCUT2D eigenvalue weighted by molar-refractivity contribution is 5.79. The Morgan fingerprint density at radius 1 is 1.44 bits per heavy atom. The van der Waals surface area contributed by atoms with Crippen molar-refractivity contribution < 1.29 is 14.2 Å². The van der Waals surface area contributed by atoms with Crippen LogP contribution in [-0.4, -0.2) is 57.6 Å². The fraction of sp³-hybridized carbons (Fsp3) is 0.667. The van der Waals surface area contributed by atoms with Crippen LogP contribution in [0.5, 0.6) is 5.88 Å². The van der Waals surface area contributed by atoms with Crippen LogP contribution < -0.4 is 15.4 Å². The molecular weight excluding hydrogens is 320 g/mol. The molecule has 0 aromatic carbocycles. The number of hydrogen-bond donors (Lipinski definition) is 2. The van der Waals surface area contributed by atoms with Crippen LogP contribution in [0.15, 0.2) is 23.3 Å². The van der Waals surface area contributed by atoms with E-state index in [-0.39, 0.29) is 0 Å². The molecular formula is C18H30N4O3. The summed E-state index contributed by atoms with van der Waals surface area (Å²) in [4.78, 5) is 8.49. The number of rotatable bonds is 10. The topological polar surface area (TPSA) is 77.0 Å². The number of hydrogen-bond acceptors (Lipinski definition) is 5. The summed E-state index contributed by atoms with van der Waals surface area (Å²) in [6.07, 6.45) is 3.79. The number of nitrogens with one attached hydrogen (secondary N) is 2. The van der Waals surface area contributed by atoms with Gasteiger partial charge in [0.15, 0.2) is 5.96 Å². The quantitative estimate of drug-likeness (QED) is 0.379. The van der Waals surface area contributed by atoms with Crippen LogP contribution in [0.4, 0.5) is 0 Å². The summed E-state index contributed by atoms with van der Waals surface area (Å²) >= 11 is 0. The molecule has 2 N–H and O–H groups in total. The van der Waals surface area contributed by atoms with Crippen molar-refractivity contribution in [3.8, 4) is 5.88 Å². The van der Waals surface area contributed by atoms with E-state index in [1.807, 2.05) is 19.1 Å². The van der Waals surface area contributed by atoms with Crippen LogP contribution in [0.3, 0.4) is 0 Å². The molecule has 1 unspecified atom stereocenters. The third kappa shape index (κ3) is 7.27. The molecule has 0 spiro atoms. The Kier molecular flexibility index (Phi) is 9.07. The molecule has 1 aromatic heterocycles.